The minimum absolute atomic E-state index is 0.0113. The van der Waals surface area contributed by atoms with Gasteiger partial charge in [-0.05, 0) is 32.6 Å². The number of nitrogens with two attached hydrogens (primary N) is 1. The molecule has 1 aromatic rings. The zero-order valence-corrected chi connectivity index (χ0v) is 10.9. The molecule has 0 aliphatic heterocycles. The zero-order valence-electron chi connectivity index (χ0n) is 10.9. The third-order valence-electron chi connectivity index (χ3n) is 3.07. The molecule has 94 valence electrons. The molecule has 0 radical (unpaired) electrons. The van der Waals surface area contributed by atoms with Crippen LogP contribution in [0.4, 0.5) is 17.8 Å². The van der Waals surface area contributed by atoms with Crippen LogP contribution in [0.3, 0.4) is 0 Å². The first kappa shape index (κ1) is 11.9. The van der Waals surface area contributed by atoms with Crippen LogP contribution < -0.4 is 16.0 Å². The summed E-state index contributed by atoms with van der Waals surface area (Å²) in [5.74, 6) is 2.07. The van der Waals surface area contributed by atoms with Crippen LogP contribution in [0.2, 0.25) is 0 Å². The van der Waals surface area contributed by atoms with Crippen LogP contribution in [-0.2, 0) is 0 Å². The summed E-state index contributed by atoms with van der Waals surface area (Å²) in [5, 5.41) is 3.35. The standard InChI is InChI=1S/C11H20N6/c1-11(2,7-5-6-7)16-9-13-8(12)14-10(15-9)17(3)4/h7H,5-6H2,1-4H3,(H3,12,13,14,15,16). The van der Waals surface area contributed by atoms with Gasteiger partial charge in [-0.3, -0.25) is 0 Å². The fourth-order valence-corrected chi connectivity index (χ4v) is 1.83. The van der Waals surface area contributed by atoms with Crippen LogP contribution in [0.5, 0.6) is 0 Å². The lowest BCUT2D eigenvalue weighted by Gasteiger charge is -2.26. The summed E-state index contributed by atoms with van der Waals surface area (Å²) in [5.41, 5.74) is 5.69. The Labute approximate surface area is 102 Å². The van der Waals surface area contributed by atoms with Crippen LogP contribution in [0.15, 0.2) is 0 Å². The first-order chi connectivity index (χ1) is 7.88. The van der Waals surface area contributed by atoms with Gasteiger partial charge in [-0.1, -0.05) is 0 Å². The molecule has 2 rings (SSSR count). The fraction of sp³-hybridized carbons (Fsp3) is 0.727. The predicted octanol–water partition coefficient (Wildman–Crippen LogP) is 1.12. The zero-order chi connectivity index (χ0) is 12.6. The Bertz CT molecular complexity index is 410. The maximum Gasteiger partial charge on any atom is 0.231 e. The summed E-state index contributed by atoms with van der Waals surface area (Å²) in [6, 6.07) is 0. The molecule has 0 amide bonds. The van der Waals surface area contributed by atoms with Gasteiger partial charge in [0.25, 0.3) is 0 Å². The van der Waals surface area contributed by atoms with E-state index in [1.807, 2.05) is 19.0 Å². The van der Waals surface area contributed by atoms with Crippen LogP contribution >= 0.6 is 0 Å². The number of nitrogen functional groups attached to an aromatic ring is 1. The van der Waals surface area contributed by atoms with E-state index in [-0.39, 0.29) is 11.5 Å². The fourth-order valence-electron chi connectivity index (χ4n) is 1.83. The Hall–Kier alpha value is -1.59. The Kier molecular flexibility index (Phi) is 2.81. The lowest BCUT2D eigenvalue weighted by Crippen LogP contribution is -2.34. The van der Waals surface area contributed by atoms with Gasteiger partial charge in [0.1, 0.15) is 0 Å². The monoisotopic (exact) mass is 236 g/mol. The van der Waals surface area contributed by atoms with Gasteiger partial charge in [-0.25, -0.2) is 0 Å². The molecule has 0 atom stereocenters. The molecule has 1 heterocycles. The lowest BCUT2D eigenvalue weighted by atomic mass is 9.99. The van der Waals surface area contributed by atoms with Gasteiger partial charge < -0.3 is 16.0 Å². The lowest BCUT2D eigenvalue weighted by molar-refractivity contribution is 0.490. The van der Waals surface area contributed by atoms with Gasteiger partial charge >= 0.3 is 0 Å². The molecule has 0 unspecified atom stereocenters. The Morgan fingerprint density at radius 2 is 1.88 bits per heavy atom. The van der Waals surface area contributed by atoms with Crippen molar-refractivity contribution in [2.24, 2.45) is 5.92 Å². The molecule has 0 spiro atoms. The molecule has 0 aromatic carbocycles. The van der Waals surface area contributed by atoms with Crippen LogP contribution in [-0.4, -0.2) is 34.6 Å². The first-order valence-corrected chi connectivity index (χ1v) is 5.85. The minimum atomic E-state index is 0.0113. The number of aromatic nitrogens is 3. The van der Waals surface area contributed by atoms with Crippen molar-refractivity contribution in [1.82, 2.24) is 15.0 Å². The van der Waals surface area contributed by atoms with E-state index in [4.69, 9.17) is 5.73 Å². The molecular weight excluding hydrogens is 216 g/mol. The highest BCUT2D eigenvalue weighted by Gasteiger charge is 2.38. The highest BCUT2D eigenvalue weighted by atomic mass is 15.3. The number of nitrogens with zero attached hydrogens (tertiary/aromatic N) is 4. The van der Waals surface area contributed by atoms with Gasteiger partial charge in [0.15, 0.2) is 0 Å². The van der Waals surface area contributed by atoms with E-state index in [1.165, 1.54) is 12.8 Å². The highest BCUT2D eigenvalue weighted by molar-refractivity contribution is 5.42. The second-order valence-corrected chi connectivity index (χ2v) is 5.33. The Morgan fingerprint density at radius 1 is 1.24 bits per heavy atom. The maximum atomic E-state index is 5.68. The normalized spacial score (nSPS) is 15.8. The summed E-state index contributed by atoms with van der Waals surface area (Å²) in [4.78, 5) is 14.3. The third-order valence-corrected chi connectivity index (χ3v) is 3.07. The second kappa shape index (κ2) is 4.01. The molecule has 6 heteroatoms. The Morgan fingerprint density at radius 3 is 2.41 bits per heavy atom. The number of anilines is 3. The van der Waals surface area contributed by atoms with E-state index in [1.54, 1.807) is 0 Å². The van der Waals surface area contributed by atoms with Crippen molar-refractivity contribution in [3.8, 4) is 0 Å². The van der Waals surface area contributed by atoms with Crippen molar-refractivity contribution in [2.75, 3.05) is 30.0 Å². The smallest absolute Gasteiger partial charge is 0.231 e. The number of rotatable bonds is 4. The summed E-state index contributed by atoms with van der Waals surface area (Å²) in [6.45, 7) is 4.33. The van der Waals surface area contributed by atoms with Gasteiger partial charge in [0.05, 0.1) is 0 Å². The average molecular weight is 236 g/mol. The molecule has 0 bridgehead atoms. The molecule has 1 aliphatic carbocycles. The third kappa shape index (κ3) is 2.75. The second-order valence-electron chi connectivity index (χ2n) is 5.33. The Balaban J connectivity index is 2.20. The number of nitrogens with one attached hydrogen (secondary N) is 1. The molecule has 17 heavy (non-hydrogen) atoms. The van der Waals surface area contributed by atoms with Gasteiger partial charge in [0.2, 0.25) is 17.8 Å². The molecule has 0 saturated heterocycles. The van der Waals surface area contributed by atoms with Crippen molar-refractivity contribution in [2.45, 2.75) is 32.2 Å². The molecule has 1 saturated carbocycles. The largest absolute Gasteiger partial charge is 0.368 e. The molecule has 1 aromatic heterocycles. The van der Waals surface area contributed by atoms with E-state index in [9.17, 15) is 0 Å². The van der Waals surface area contributed by atoms with Gasteiger partial charge in [-0.2, -0.15) is 15.0 Å². The number of hydrogen-bond acceptors (Lipinski definition) is 6. The number of hydrogen-bond donors (Lipinski definition) is 2. The molecule has 6 nitrogen and oxygen atoms in total. The SMILES string of the molecule is CN(C)c1nc(N)nc(NC(C)(C)C2CC2)n1. The summed E-state index contributed by atoms with van der Waals surface area (Å²) in [7, 11) is 3.76. The summed E-state index contributed by atoms with van der Waals surface area (Å²) >= 11 is 0. The van der Waals surface area contributed by atoms with Crippen molar-refractivity contribution in [3.63, 3.8) is 0 Å². The van der Waals surface area contributed by atoms with Crippen LogP contribution in [0, 0.1) is 5.92 Å². The van der Waals surface area contributed by atoms with Crippen molar-refractivity contribution >= 4 is 17.8 Å². The van der Waals surface area contributed by atoms with E-state index >= 15 is 0 Å². The first-order valence-electron chi connectivity index (χ1n) is 5.85. The van der Waals surface area contributed by atoms with Crippen LogP contribution in [0.1, 0.15) is 26.7 Å². The molecule has 1 aliphatic rings. The molecule has 3 N–H and O–H groups in total. The highest BCUT2D eigenvalue weighted by Crippen LogP contribution is 2.40. The summed E-state index contributed by atoms with van der Waals surface area (Å²) < 4.78 is 0. The van der Waals surface area contributed by atoms with E-state index in [2.05, 4.69) is 34.1 Å². The molecular formula is C11H20N6. The maximum absolute atomic E-state index is 5.68. The predicted molar refractivity (Wildman–Crippen MR) is 69.0 cm³/mol. The van der Waals surface area contributed by atoms with Crippen molar-refractivity contribution in [3.05, 3.63) is 0 Å². The van der Waals surface area contributed by atoms with Crippen molar-refractivity contribution < 1.29 is 0 Å². The van der Waals surface area contributed by atoms with Gasteiger partial charge in [-0.15, -0.1) is 0 Å². The van der Waals surface area contributed by atoms with Crippen LogP contribution in [0.25, 0.3) is 0 Å². The van der Waals surface area contributed by atoms with Crippen molar-refractivity contribution in [1.29, 1.82) is 0 Å². The summed E-state index contributed by atoms with van der Waals surface area (Å²) in [6.07, 6.45) is 2.53. The van der Waals surface area contributed by atoms with Gasteiger partial charge in [0, 0.05) is 19.6 Å². The minimum Gasteiger partial charge on any atom is -0.368 e. The topological polar surface area (TPSA) is 80.0 Å². The van der Waals surface area contributed by atoms with E-state index < -0.39 is 0 Å². The molecule has 1 fully saturated rings. The van der Waals surface area contributed by atoms with E-state index in [0.717, 1.165) is 0 Å². The quantitative estimate of drug-likeness (QED) is 0.815. The van der Waals surface area contributed by atoms with E-state index in [0.29, 0.717) is 17.8 Å². The average Bonchev–Trinajstić information content (AvgIpc) is 2.98.